The van der Waals surface area contributed by atoms with E-state index in [0.29, 0.717) is 10.9 Å². The average molecular weight is 360 g/mol. The van der Waals surface area contributed by atoms with Gasteiger partial charge in [-0.3, -0.25) is 0 Å². The van der Waals surface area contributed by atoms with E-state index in [1.807, 2.05) is 24.3 Å². The van der Waals surface area contributed by atoms with Crippen LogP contribution in [0.1, 0.15) is 37.3 Å². The van der Waals surface area contributed by atoms with Crippen molar-refractivity contribution in [1.82, 2.24) is 9.97 Å². The fraction of sp³-hybridized carbons (Fsp3) is 0.474. The summed E-state index contributed by atoms with van der Waals surface area (Å²) >= 11 is 6.17. The number of ether oxygens (including phenoxy) is 1. The molecule has 0 spiro atoms. The highest BCUT2D eigenvalue weighted by Gasteiger charge is 2.30. The number of hydrogen-bond acceptors (Lipinski definition) is 5. The number of halogens is 1. The van der Waals surface area contributed by atoms with Gasteiger partial charge in [0.25, 0.3) is 0 Å². The van der Waals surface area contributed by atoms with Crippen molar-refractivity contribution in [3.8, 4) is 5.75 Å². The summed E-state index contributed by atoms with van der Waals surface area (Å²) in [7, 11) is 0. The molecule has 0 bridgehead atoms. The van der Waals surface area contributed by atoms with Crippen LogP contribution in [0, 0.1) is 0 Å². The van der Waals surface area contributed by atoms with E-state index in [1.54, 1.807) is 6.33 Å². The van der Waals surface area contributed by atoms with Gasteiger partial charge in [-0.25, -0.2) is 9.97 Å². The molecule has 25 heavy (non-hydrogen) atoms. The topological polar surface area (TPSA) is 58.5 Å². The van der Waals surface area contributed by atoms with Gasteiger partial charge in [-0.05, 0) is 25.0 Å². The van der Waals surface area contributed by atoms with Crippen molar-refractivity contribution in [3.63, 3.8) is 0 Å². The third-order valence-corrected chi connectivity index (χ3v) is 5.41. The molecule has 1 aliphatic heterocycles. The summed E-state index contributed by atoms with van der Waals surface area (Å²) in [5.74, 6) is 2.11. The van der Waals surface area contributed by atoms with E-state index in [2.05, 4.69) is 20.9 Å². The molecule has 2 fully saturated rings. The molecule has 6 heteroatoms. The molecular weight excluding hydrogens is 338 g/mol. The van der Waals surface area contributed by atoms with Gasteiger partial charge in [-0.1, -0.05) is 23.7 Å². The second kappa shape index (κ2) is 7.18. The third-order valence-electron chi connectivity index (χ3n) is 5.10. The molecule has 1 saturated carbocycles. The van der Waals surface area contributed by atoms with Gasteiger partial charge < -0.3 is 14.7 Å². The summed E-state index contributed by atoms with van der Waals surface area (Å²) in [6.45, 7) is 1.80. The molecule has 0 radical (unpaired) electrons. The largest absolute Gasteiger partial charge is 0.489 e. The Morgan fingerprint density at radius 1 is 1.12 bits per heavy atom. The van der Waals surface area contributed by atoms with Gasteiger partial charge in [-0.15, -0.1) is 0 Å². The molecular formula is C19H22ClN3O2. The number of para-hydroxylation sites is 1. The molecule has 5 nitrogen and oxygen atoms in total. The molecule has 1 N–H and O–H groups in total. The lowest BCUT2D eigenvalue weighted by atomic mass is 9.80. The molecule has 2 heterocycles. The first-order chi connectivity index (χ1) is 12.2. The number of aliphatic hydroxyl groups excluding tert-OH is 1. The molecule has 0 amide bonds. The number of benzene rings is 1. The highest BCUT2D eigenvalue weighted by atomic mass is 35.5. The Balaban J connectivity index is 1.36. The fourth-order valence-electron chi connectivity index (χ4n) is 3.51. The summed E-state index contributed by atoms with van der Waals surface area (Å²) in [5, 5.41) is 10.2. The summed E-state index contributed by atoms with van der Waals surface area (Å²) in [6, 6.07) is 9.69. The van der Waals surface area contributed by atoms with Crippen molar-refractivity contribution in [2.45, 2.75) is 43.8 Å². The maximum atomic E-state index is 9.49. The van der Waals surface area contributed by atoms with Crippen LogP contribution in [0.2, 0.25) is 5.02 Å². The normalized spacial score (nSPS) is 24.0. The number of anilines is 1. The quantitative estimate of drug-likeness (QED) is 0.906. The average Bonchev–Trinajstić information content (AvgIpc) is 2.62. The van der Waals surface area contributed by atoms with Gasteiger partial charge in [0, 0.05) is 43.6 Å². The summed E-state index contributed by atoms with van der Waals surface area (Å²) < 4.78 is 6.05. The first-order valence-electron chi connectivity index (χ1n) is 8.85. The predicted octanol–water partition coefficient (Wildman–Crippen LogP) is 3.42. The van der Waals surface area contributed by atoms with E-state index in [4.69, 9.17) is 16.3 Å². The molecule has 4 rings (SSSR count). The Labute approximate surface area is 152 Å². The van der Waals surface area contributed by atoms with Gasteiger partial charge in [-0.2, -0.15) is 0 Å². The van der Waals surface area contributed by atoms with Gasteiger partial charge in [0.15, 0.2) is 0 Å². The Morgan fingerprint density at radius 3 is 2.60 bits per heavy atom. The first-order valence-corrected chi connectivity index (χ1v) is 9.23. The van der Waals surface area contributed by atoms with Crippen LogP contribution >= 0.6 is 11.6 Å². The molecule has 2 aromatic rings. The number of rotatable bonds is 4. The fourth-order valence-corrected chi connectivity index (χ4v) is 3.69. The Kier molecular flexibility index (Phi) is 4.77. The SMILES string of the molecule is OC1CC(c2cc(N3CCC(Oc4ccccc4Cl)CC3)ncn2)C1. The summed E-state index contributed by atoms with van der Waals surface area (Å²) in [6.07, 6.45) is 5.15. The highest BCUT2D eigenvalue weighted by molar-refractivity contribution is 6.32. The zero-order valence-corrected chi connectivity index (χ0v) is 14.8. The van der Waals surface area contributed by atoms with Crippen LogP contribution in [0.4, 0.5) is 5.82 Å². The van der Waals surface area contributed by atoms with Crippen LogP contribution in [-0.4, -0.2) is 40.4 Å². The molecule has 2 aliphatic rings. The number of piperidine rings is 1. The van der Waals surface area contributed by atoms with Crippen molar-refractivity contribution in [1.29, 1.82) is 0 Å². The second-order valence-corrected chi connectivity index (χ2v) is 7.27. The standard InChI is InChI=1S/C19H22ClN3O2/c20-16-3-1-2-4-18(16)25-15-5-7-23(8-6-15)19-11-17(21-12-22-19)13-9-14(24)10-13/h1-4,11-15,24H,5-10H2. The van der Waals surface area contributed by atoms with Crippen LogP contribution in [-0.2, 0) is 0 Å². The molecule has 1 aliphatic carbocycles. The summed E-state index contributed by atoms with van der Waals surface area (Å²) in [4.78, 5) is 11.1. The number of aliphatic hydroxyl groups is 1. The van der Waals surface area contributed by atoms with E-state index in [1.165, 1.54) is 0 Å². The number of hydrogen-bond donors (Lipinski definition) is 1. The van der Waals surface area contributed by atoms with Gasteiger partial charge in [0.05, 0.1) is 11.1 Å². The van der Waals surface area contributed by atoms with Crippen molar-refractivity contribution >= 4 is 17.4 Å². The van der Waals surface area contributed by atoms with E-state index >= 15 is 0 Å². The molecule has 0 atom stereocenters. The van der Waals surface area contributed by atoms with Gasteiger partial charge in [0.2, 0.25) is 0 Å². The minimum absolute atomic E-state index is 0.166. The van der Waals surface area contributed by atoms with Crippen molar-refractivity contribution in [3.05, 3.63) is 47.4 Å². The van der Waals surface area contributed by atoms with Gasteiger partial charge >= 0.3 is 0 Å². The smallest absolute Gasteiger partial charge is 0.138 e. The van der Waals surface area contributed by atoms with Crippen LogP contribution in [0.3, 0.4) is 0 Å². The van der Waals surface area contributed by atoms with Crippen LogP contribution in [0.25, 0.3) is 0 Å². The summed E-state index contributed by atoms with van der Waals surface area (Å²) in [5.41, 5.74) is 1.05. The molecule has 1 aromatic carbocycles. The Morgan fingerprint density at radius 2 is 1.88 bits per heavy atom. The monoisotopic (exact) mass is 359 g/mol. The van der Waals surface area contributed by atoms with Crippen LogP contribution in [0.15, 0.2) is 36.7 Å². The Bertz CT molecular complexity index is 728. The maximum Gasteiger partial charge on any atom is 0.138 e. The number of aromatic nitrogens is 2. The number of nitrogens with zero attached hydrogens (tertiary/aromatic N) is 3. The van der Waals surface area contributed by atoms with Crippen LogP contribution < -0.4 is 9.64 Å². The minimum Gasteiger partial charge on any atom is -0.489 e. The molecule has 1 saturated heterocycles. The first kappa shape index (κ1) is 16.6. The van der Waals surface area contributed by atoms with E-state index in [0.717, 1.165) is 56.0 Å². The predicted molar refractivity (Wildman–Crippen MR) is 97.3 cm³/mol. The molecule has 132 valence electrons. The zero-order chi connectivity index (χ0) is 17.2. The Hall–Kier alpha value is -1.85. The zero-order valence-electron chi connectivity index (χ0n) is 14.0. The van der Waals surface area contributed by atoms with E-state index in [9.17, 15) is 5.11 Å². The lowest BCUT2D eigenvalue weighted by Crippen LogP contribution is -2.39. The second-order valence-electron chi connectivity index (χ2n) is 6.86. The molecule has 0 unspecified atom stereocenters. The minimum atomic E-state index is -0.166. The van der Waals surface area contributed by atoms with E-state index < -0.39 is 0 Å². The van der Waals surface area contributed by atoms with Gasteiger partial charge in [0.1, 0.15) is 24.0 Å². The van der Waals surface area contributed by atoms with Crippen molar-refractivity contribution in [2.24, 2.45) is 0 Å². The molecule has 1 aromatic heterocycles. The third kappa shape index (κ3) is 3.72. The van der Waals surface area contributed by atoms with Crippen LogP contribution in [0.5, 0.6) is 5.75 Å². The van der Waals surface area contributed by atoms with Crippen molar-refractivity contribution < 1.29 is 9.84 Å². The lowest BCUT2D eigenvalue weighted by Gasteiger charge is -2.34. The maximum absolute atomic E-state index is 9.49. The lowest BCUT2D eigenvalue weighted by molar-refractivity contribution is 0.0732. The van der Waals surface area contributed by atoms with E-state index in [-0.39, 0.29) is 12.2 Å². The van der Waals surface area contributed by atoms with Crippen molar-refractivity contribution in [2.75, 3.05) is 18.0 Å². The highest BCUT2D eigenvalue weighted by Crippen LogP contribution is 2.36.